The molecule has 1 aromatic carbocycles. The van der Waals surface area contributed by atoms with Crippen LogP contribution < -0.4 is 20.5 Å². The molecule has 0 spiro atoms. The Bertz CT molecular complexity index is 462. The molecule has 4 N–H and O–H groups in total. The average molecular weight is 328 g/mol. The van der Waals surface area contributed by atoms with Crippen molar-refractivity contribution in [1.82, 2.24) is 5.32 Å². The smallest absolute Gasteiger partial charge is 0.237 e. The van der Waals surface area contributed by atoms with Crippen LogP contribution in [0.5, 0.6) is 11.5 Å². The van der Waals surface area contributed by atoms with Gasteiger partial charge in [-0.1, -0.05) is 0 Å². The van der Waals surface area contributed by atoms with E-state index in [2.05, 4.69) is 5.32 Å². The molecule has 0 heterocycles. The van der Waals surface area contributed by atoms with E-state index in [1.54, 1.807) is 30.0 Å². The van der Waals surface area contributed by atoms with Gasteiger partial charge in [0.05, 0.1) is 26.4 Å². The van der Waals surface area contributed by atoms with Gasteiger partial charge >= 0.3 is 0 Å². The maximum atomic E-state index is 11.8. The molecule has 1 unspecified atom stereocenters. The fraction of sp³-hybridized carbons (Fsp3) is 0.533. The number of methoxy groups -OCH3 is 2. The van der Waals surface area contributed by atoms with Gasteiger partial charge in [0.2, 0.25) is 5.91 Å². The lowest BCUT2D eigenvalue weighted by Crippen LogP contribution is -2.42. The molecule has 6 nitrogen and oxygen atoms in total. The van der Waals surface area contributed by atoms with Crippen LogP contribution in [0.4, 0.5) is 0 Å². The number of benzene rings is 1. The molecular weight excluding hydrogens is 304 g/mol. The summed E-state index contributed by atoms with van der Waals surface area (Å²) in [7, 11) is 3.08. The molecule has 0 aromatic heterocycles. The van der Waals surface area contributed by atoms with Gasteiger partial charge in [-0.3, -0.25) is 4.79 Å². The average Bonchev–Trinajstić information content (AvgIpc) is 2.56. The summed E-state index contributed by atoms with van der Waals surface area (Å²) in [6.07, 6.45) is 1.71. The first-order valence-electron chi connectivity index (χ1n) is 6.95. The van der Waals surface area contributed by atoms with E-state index in [0.717, 1.165) is 5.75 Å². The van der Waals surface area contributed by atoms with Crippen molar-refractivity contribution in [2.24, 2.45) is 5.73 Å². The molecule has 1 rings (SSSR count). The summed E-state index contributed by atoms with van der Waals surface area (Å²) in [6, 6.07) is 4.56. The van der Waals surface area contributed by atoms with Gasteiger partial charge in [0, 0.05) is 12.6 Å². The lowest BCUT2D eigenvalue weighted by Gasteiger charge is -2.16. The molecule has 124 valence electrons. The zero-order valence-corrected chi connectivity index (χ0v) is 14.0. The van der Waals surface area contributed by atoms with Gasteiger partial charge in [-0.15, -0.1) is 0 Å². The van der Waals surface area contributed by atoms with E-state index in [4.69, 9.17) is 15.2 Å². The number of amides is 1. The molecule has 0 bridgehead atoms. The summed E-state index contributed by atoms with van der Waals surface area (Å²) in [5.41, 5.74) is 6.38. The van der Waals surface area contributed by atoms with Gasteiger partial charge in [-0.25, -0.2) is 0 Å². The SMILES string of the molecule is COc1cc(OC)cc(C(O)CNC(=O)[C@@H](N)CCSC)c1. The number of aliphatic hydroxyl groups excluding tert-OH is 1. The first-order valence-corrected chi connectivity index (χ1v) is 8.34. The lowest BCUT2D eigenvalue weighted by molar-refractivity contribution is -0.122. The van der Waals surface area contributed by atoms with Crippen molar-refractivity contribution in [3.8, 4) is 11.5 Å². The number of hydrogen-bond donors (Lipinski definition) is 3. The zero-order valence-electron chi connectivity index (χ0n) is 13.2. The lowest BCUT2D eigenvalue weighted by atomic mass is 10.1. The highest BCUT2D eigenvalue weighted by atomic mass is 32.2. The molecule has 0 radical (unpaired) electrons. The van der Waals surface area contributed by atoms with Crippen LogP contribution in [0.25, 0.3) is 0 Å². The van der Waals surface area contributed by atoms with Gasteiger partial charge in [-0.2, -0.15) is 11.8 Å². The highest BCUT2D eigenvalue weighted by molar-refractivity contribution is 7.98. The van der Waals surface area contributed by atoms with Crippen LogP contribution in [0, 0.1) is 0 Å². The van der Waals surface area contributed by atoms with Crippen molar-refractivity contribution in [1.29, 1.82) is 0 Å². The first kappa shape index (κ1) is 18.6. The van der Waals surface area contributed by atoms with Crippen molar-refractivity contribution in [2.45, 2.75) is 18.6 Å². The van der Waals surface area contributed by atoms with Crippen molar-refractivity contribution in [2.75, 3.05) is 32.8 Å². The van der Waals surface area contributed by atoms with Gasteiger partial charge in [0.1, 0.15) is 11.5 Å². The molecule has 0 aliphatic carbocycles. The fourth-order valence-corrected chi connectivity index (χ4v) is 2.33. The van der Waals surface area contributed by atoms with E-state index in [-0.39, 0.29) is 12.5 Å². The number of nitrogens with two attached hydrogens (primary N) is 1. The Morgan fingerprint density at radius 2 is 1.91 bits per heavy atom. The van der Waals surface area contributed by atoms with Crippen molar-refractivity contribution < 1.29 is 19.4 Å². The molecule has 0 aliphatic heterocycles. The summed E-state index contributed by atoms with van der Waals surface area (Å²) < 4.78 is 10.3. The first-order chi connectivity index (χ1) is 10.5. The van der Waals surface area contributed by atoms with Crippen LogP contribution in [-0.4, -0.2) is 49.8 Å². The van der Waals surface area contributed by atoms with Gasteiger partial charge in [0.25, 0.3) is 0 Å². The quantitative estimate of drug-likeness (QED) is 0.624. The maximum absolute atomic E-state index is 11.8. The summed E-state index contributed by atoms with van der Waals surface area (Å²) in [5.74, 6) is 1.72. The van der Waals surface area contributed by atoms with Gasteiger partial charge in [-0.05, 0) is 36.1 Å². The second kappa shape index (κ2) is 9.55. The number of ether oxygens (including phenoxy) is 2. The summed E-state index contributed by atoms with van der Waals surface area (Å²) in [4.78, 5) is 11.8. The van der Waals surface area contributed by atoms with Crippen LogP contribution in [0.15, 0.2) is 18.2 Å². The monoisotopic (exact) mass is 328 g/mol. The van der Waals surface area contributed by atoms with E-state index in [1.165, 1.54) is 14.2 Å². The minimum atomic E-state index is -0.860. The molecule has 7 heteroatoms. The minimum Gasteiger partial charge on any atom is -0.497 e. The van der Waals surface area contributed by atoms with Crippen molar-refractivity contribution in [3.05, 3.63) is 23.8 Å². The number of nitrogens with one attached hydrogen (secondary N) is 1. The number of rotatable bonds is 9. The Balaban J connectivity index is 2.61. The predicted octanol–water partition coefficient (Wildman–Crippen LogP) is 0.934. The van der Waals surface area contributed by atoms with Crippen LogP contribution >= 0.6 is 11.8 Å². The Kier molecular flexibility index (Phi) is 8.08. The number of aliphatic hydroxyl groups is 1. The highest BCUT2D eigenvalue weighted by Crippen LogP contribution is 2.26. The number of thioether (sulfide) groups is 1. The molecule has 1 amide bonds. The van der Waals surface area contributed by atoms with Crippen LogP contribution in [0.2, 0.25) is 0 Å². The molecule has 1 aromatic rings. The summed E-state index contributed by atoms with van der Waals surface area (Å²) >= 11 is 1.64. The third kappa shape index (κ3) is 5.75. The molecule has 0 saturated carbocycles. The van der Waals surface area contributed by atoms with Crippen molar-refractivity contribution in [3.63, 3.8) is 0 Å². The number of hydrogen-bond acceptors (Lipinski definition) is 6. The van der Waals surface area contributed by atoms with E-state index in [0.29, 0.717) is 23.5 Å². The van der Waals surface area contributed by atoms with Crippen LogP contribution in [-0.2, 0) is 4.79 Å². The Morgan fingerprint density at radius 3 is 2.41 bits per heavy atom. The van der Waals surface area contributed by atoms with Crippen LogP contribution in [0.1, 0.15) is 18.1 Å². The Morgan fingerprint density at radius 1 is 1.32 bits per heavy atom. The predicted molar refractivity (Wildman–Crippen MR) is 88.5 cm³/mol. The van der Waals surface area contributed by atoms with E-state index >= 15 is 0 Å². The zero-order chi connectivity index (χ0) is 16.5. The number of carbonyl (C=O) groups is 1. The Labute approximate surface area is 135 Å². The second-order valence-electron chi connectivity index (χ2n) is 4.79. The molecule has 2 atom stereocenters. The van der Waals surface area contributed by atoms with Gasteiger partial charge in [0.15, 0.2) is 0 Å². The van der Waals surface area contributed by atoms with E-state index in [9.17, 15) is 9.90 Å². The number of carbonyl (C=O) groups excluding carboxylic acids is 1. The maximum Gasteiger partial charge on any atom is 0.237 e. The molecule has 0 aliphatic rings. The largest absolute Gasteiger partial charge is 0.497 e. The standard InChI is InChI=1S/C15H24N2O4S/c1-20-11-6-10(7-12(8-11)21-2)14(18)9-17-15(19)13(16)4-5-22-3/h6-8,13-14,18H,4-5,9,16H2,1-3H3,(H,17,19)/t13-,14?/m0/s1. The summed E-state index contributed by atoms with van der Waals surface area (Å²) in [5, 5.41) is 12.9. The van der Waals surface area contributed by atoms with Crippen LogP contribution in [0.3, 0.4) is 0 Å². The fourth-order valence-electron chi connectivity index (χ4n) is 1.84. The van der Waals surface area contributed by atoms with E-state index in [1.807, 2.05) is 6.26 Å². The molecule has 22 heavy (non-hydrogen) atoms. The second-order valence-corrected chi connectivity index (χ2v) is 5.78. The van der Waals surface area contributed by atoms with Crippen molar-refractivity contribution >= 4 is 17.7 Å². The normalized spacial score (nSPS) is 13.3. The highest BCUT2D eigenvalue weighted by Gasteiger charge is 2.16. The third-order valence-corrected chi connectivity index (χ3v) is 3.84. The summed E-state index contributed by atoms with van der Waals surface area (Å²) in [6.45, 7) is 0.0854. The van der Waals surface area contributed by atoms with Gasteiger partial charge < -0.3 is 25.6 Å². The molecule has 0 fully saturated rings. The minimum absolute atomic E-state index is 0.0854. The Hall–Kier alpha value is -1.44. The molecule has 0 saturated heterocycles. The third-order valence-electron chi connectivity index (χ3n) is 3.20. The van der Waals surface area contributed by atoms with E-state index < -0.39 is 12.1 Å². The topological polar surface area (TPSA) is 93.8 Å². The molecular formula is C15H24N2O4S.